The maximum Gasteiger partial charge on any atom is 0.347 e. The molecule has 0 heterocycles. The molecular formula is C6H9FO5. The molecule has 0 fully saturated rings. The Morgan fingerprint density at radius 3 is 2.08 bits per heavy atom. The monoisotopic (exact) mass is 180 g/mol. The van der Waals surface area contributed by atoms with Crippen LogP contribution in [0.2, 0.25) is 0 Å². The summed E-state index contributed by atoms with van der Waals surface area (Å²) in [5.74, 6) is -3.30. The number of hydrogen-bond donors (Lipinski definition) is 2. The molecule has 5 nitrogen and oxygen atoms in total. The van der Waals surface area contributed by atoms with Gasteiger partial charge in [-0.05, 0) is 6.92 Å². The lowest BCUT2D eigenvalue weighted by molar-refractivity contribution is -0.181. The van der Waals surface area contributed by atoms with E-state index in [4.69, 9.17) is 10.2 Å². The molecule has 0 amide bonds. The quantitative estimate of drug-likeness (QED) is 0.577. The van der Waals surface area contributed by atoms with Crippen LogP contribution in [0.1, 0.15) is 6.92 Å². The van der Waals surface area contributed by atoms with E-state index in [0.717, 1.165) is 6.92 Å². The molecule has 70 valence electrons. The van der Waals surface area contributed by atoms with Crippen LogP contribution in [0.25, 0.3) is 0 Å². The van der Waals surface area contributed by atoms with Gasteiger partial charge in [0.15, 0.2) is 0 Å². The molecule has 0 aromatic heterocycles. The van der Waals surface area contributed by atoms with Gasteiger partial charge in [-0.25, -0.2) is 14.0 Å². The van der Waals surface area contributed by atoms with Crippen molar-refractivity contribution < 1.29 is 28.9 Å². The molecule has 0 aliphatic rings. The van der Waals surface area contributed by atoms with Crippen LogP contribution in [0.3, 0.4) is 0 Å². The van der Waals surface area contributed by atoms with Gasteiger partial charge in [-0.15, -0.1) is 0 Å². The fourth-order valence-corrected chi connectivity index (χ4v) is 0.458. The van der Waals surface area contributed by atoms with Gasteiger partial charge in [0, 0.05) is 0 Å². The van der Waals surface area contributed by atoms with E-state index in [0.29, 0.717) is 0 Å². The van der Waals surface area contributed by atoms with Crippen molar-refractivity contribution in [2.24, 2.45) is 0 Å². The zero-order valence-corrected chi connectivity index (χ0v) is 6.41. The molecule has 0 aromatic rings. The number of ether oxygens (including phenoxy) is 1. The summed E-state index contributed by atoms with van der Waals surface area (Å²) in [7, 11) is 0. The summed E-state index contributed by atoms with van der Waals surface area (Å²) < 4.78 is 15.9. The van der Waals surface area contributed by atoms with Crippen molar-refractivity contribution in [1.29, 1.82) is 0 Å². The topological polar surface area (TPSA) is 83.8 Å². The Hall–Kier alpha value is -1.17. The van der Waals surface area contributed by atoms with Crippen molar-refractivity contribution in [2.45, 2.75) is 12.5 Å². The number of carboxylic acids is 2. The first kappa shape index (κ1) is 10.8. The fourth-order valence-electron chi connectivity index (χ4n) is 0.458. The summed E-state index contributed by atoms with van der Waals surface area (Å²) >= 11 is 0. The average Bonchev–Trinajstić information content (AvgIpc) is 1.99. The van der Waals surface area contributed by atoms with E-state index in [2.05, 4.69) is 4.74 Å². The molecule has 0 aliphatic heterocycles. The molecule has 0 saturated heterocycles. The Morgan fingerprint density at radius 2 is 1.83 bits per heavy atom. The molecule has 0 aromatic carbocycles. The van der Waals surface area contributed by atoms with Crippen LogP contribution in [0.15, 0.2) is 0 Å². The highest BCUT2D eigenvalue weighted by Crippen LogP contribution is 2.10. The molecule has 0 atom stereocenters. The van der Waals surface area contributed by atoms with Crippen LogP contribution in [0, 0.1) is 0 Å². The summed E-state index contributed by atoms with van der Waals surface area (Å²) in [5, 5.41) is 16.8. The highest BCUT2D eigenvalue weighted by Gasteiger charge is 2.42. The molecule has 12 heavy (non-hydrogen) atoms. The summed E-state index contributed by atoms with van der Waals surface area (Å²) in [6, 6.07) is 0. The number of carboxylic acid groups (broad SMARTS) is 2. The third-order valence-electron chi connectivity index (χ3n) is 1.28. The molecule has 0 bridgehead atoms. The lowest BCUT2D eigenvalue weighted by Crippen LogP contribution is -2.46. The molecule has 0 unspecified atom stereocenters. The van der Waals surface area contributed by atoms with Gasteiger partial charge < -0.3 is 14.9 Å². The molecule has 0 rings (SSSR count). The van der Waals surface area contributed by atoms with Crippen molar-refractivity contribution in [3.05, 3.63) is 0 Å². The van der Waals surface area contributed by atoms with Gasteiger partial charge >= 0.3 is 11.9 Å². The highest BCUT2D eigenvalue weighted by molar-refractivity contribution is 6.01. The highest BCUT2D eigenvalue weighted by atomic mass is 19.1. The van der Waals surface area contributed by atoms with Crippen LogP contribution in [-0.2, 0) is 14.3 Å². The summed E-state index contributed by atoms with van der Waals surface area (Å²) in [4.78, 5) is 20.7. The minimum absolute atomic E-state index is 0.547. The Morgan fingerprint density at radius 1 is 1.42 bits per heavy atom. The second-order valence-electron chi connectivity index (χ2n) is 2.18. The van der Waals surface area contributed by atoms with E-state index in [-0.39, 0.29) is 0 Å². The van der Waals surface area contributed by atoms with Crippen molar-refractivity contribution >= 4 is 11.9 Å². The van der Waals surface area contributed by atoms with E-state index < -0.39 is 30.8 Å². The van der Waals surface area contributed by atoms with Crippen LogP contribution in [-0.4, -0.2) is 41.0 Å². The van der Waals surface area contributed by atoms with Crippen molar-refractivity contribution in [1.82, 2.24) is 0 Å². The number of halogens is 1. The first-order valence-corrected chi connectivity index (χ1v) is 3.12. The second kappa shape index (κ2) is 4.01. The van der Waals surface area contributed by atoms with Crippen LogP contribution >= 0.6 is 0 Å². The van der Waals surface area contributed by atoms with Gasteiger partial charge in [-0.2, -0.15) is 0 Å². The maximum atomic E-state index is 11.5. The molecule has 2 N–H and O–H groups in total. The van der Waals surface area contributed by atoms with E-state index in [1.54, 1.807) is 0 Å². The molecule has 0 aliphatic carbocycles. The molecule has 0 radical (unpaired) electrons. The molecular weight excluding hydrogens is 171 g/mol. The Balaban J connectivity index is 4.40. The number of carbonyl (C=O) groups is 2. The van der Waals surface area contributed by atoms with Gasteiger partial charge in [0.05, 0.1) is 6.61 Å². The zero-order chi connectivity index (χ0) is 9.78. The van der Waals surface area contributed by atoms with Gasteiger partial charge in [-0.3, -0.25) is 0 Å². The molecule has 6 heteroatoms. The Labute approximate surface area is 67.8 Å². The predicted octanol–water partition coefficient (Wildman–Crippen LogP) is -0.0996. The molecule has 0 saturated carbocycles. The van der Waals surface area contributed by atoms with E-state index in [1.165, 1.54) is 0 Å². The SMILES string of the molecule is CC(OCCF)(C(=O)O)C(=O)O. The Bertz CT molecular complexity index is 176. The minimum Gasteiger partial charge on any atom is -0.479 e. The minimum atomic E-state index is -2.36. The van der Waals surface area contributed by atoms with Crippen molar-refractivity contribution in [2.75, 3.05) is 13.3 Å². The van der Waals surface area contributed by atoms with Crippen LogP contribution in [0.4, 0.5) is 4.39 Å². The van der Waals surface area contributed by atoms with Gasteiger partial charge in [-0.1, -0.05) is 0 Å². The summed E-state index contributed by atoms with van der Waals surface area (Å²) in [5.41, 5.74) is -2.36. The number of hydrogen-bond acceptors (Lipinski definition) is 3. The number of alkyl halides is 1. The number of rotatable bonds is 5. The zero-order valence-electron chi connectivity index (χ0n) is 6.41. The van der Waals surface area contributed by atoms with Gasteiger partial charge in [0.1, 0.15) is 6.67 Å². The van der Waals surface area contributed by atoms with E-state index >= 15 is 0 Å². The van der Waals surface area contributed by atoms with Gasteiger partial charge in [0.2, 0.25) is 0 Å². The summed E-state index contributed by atoms with van der Waals surface area (Å²) in [6.45, 7) is -0.613. The molecule has 0 spiro atoms. The lowest BCUT2D eigenvalue weighted by Gasteiger charge is -2.18. The van der Waals surface area contributed by atoms with E-state index in [1.807, 2.05) is 0 Å². The first-order chi connectivity index (χ1) is 5.45. The fraction of sp³-hybridized carbons (Fsp3) is 0.667. The average molecular weight is 180 g/mol. The third kappa shape index (κ3) is 2.16. The van der Waals surface area contributed by atoms with Crippen LogP contribution < -0.4 is 0 Å². The lowest BCUT2D eigenvalue weighted by atomic mass is 10.1. The smallest absolute Gasteiger partial charge is 0.347 e. The van der Waals surface area contributed by atoms with Crippen LogP contribution in [0.5, 0.6) is 0 Å². The Kier molecular flexibility index (Phi) is 3.62. The second-order valence-corrected chi connectivity index (χ2v) is 2.18. The third-order valence-corrected chi connectivity index (χ3v) is 1.28. The summed E-state index contributed by atoms with van der Waals surface area (Å²) in [6.07, 6.45) is 0. The van der Waals surface area contributed by atoms with E-state index in [9.17, 15) is 14.0 Å². The van der Waals surface area contributed by atoms with Crippen molar-refractivity contribution in [3.63, 3.8) is 0 Å². The van der Waals surface area contributed by atoms with Crippen molar-refractivity contribution in [3.8, 4) is 0 Å². The predicted molar refractivity (Wildman–Crippen MR) is 35.6 cm³/mol. The number of aliphatic carboxylic acids is 2. The maximum absolute atomic E-state index is 11.5. The normalized spacial score (nSPS) is 11.2. The largest absolute Gasteiger partial charge is 0.479 e. The van der Waals surface area contributed by atoms with Gasteiger partial charge in [0.25, 0.3) is 5.60 Å². The standard InChI is InChI=1S/C6H9FO5/c1-6(4(8)9,5(10)11)12-3-2-7/h2-3H2,1H3,(H,8,9)(H,10,11). The first-order valence-electron chi connectivity index (χ1n) is 3.12.